The van der Waals surface area contributed by atoms with Gasteiger partial charge in [-0.05, 0) is 44.2 Å². The predicted octanol–water partition coefficient (Wildman–Crippen LogP) is 4.10. The van der Waals surface area contributed by atoms with Crippen molar-refractivity contribution in [1.29, 1.82) is 0 Å². The van der Waals surface area contributed by atoms with E-state index in [4.69, 9.17) is 5.73 Å². The Hall–Kier alpha value is -1.51. The molecule has 0 aliphatic heterocycles. The van der Waals surface area contributed by atoms with E-state index in [9.17, 15) is 0 Å². The SMILES string of the molecule is Cc1cccc2c1nc(N)n2C(C)(C)CC(C)(C)C. The molecule has 0 atom stereocenters. The molecule has 104 valence electrons. The van der Waals surface area contributed by atoms with Crippen molar-refractivity contribution in [1.82, 2.24) is 9.55 Å². The zero-order valence-corrected chi connectivity index (χ0v) is 12.9. The summed E-state index contributed by atoms with van der Waals surface area (Å²) in [6.07, 6.45) is 1.05. The summed E-state index contributed by atoms with van der Waals surface area (Å²) in [6, 6.07) is 6.26. The molecule has 0 aliphatic carbocycles. The van der Waals surface area contributed by atoms with E-state index in [1.807, 2.05) is 0 Å². The maximum Gasteiger partial charge on any atom is 0.201 e. The number of para-hydroxylation sites is 1. The average molecular weight is 259 g/mol. The minimum absolute atomic E-state index is 0.0507. The summed E-state index contributed by atoms with van der Waals surface area (Å²) in [4.78, 5) is 4.55. The molecule has 1 aromatic carbocycles. The quantitative estimate of drug-likeness (QED) is 0.882. The van der Waals surface area contributed by atoms with Crippen LogP contribution in [-0.4, -0.2) is 9.55 Å². The van der Waals surface area contributed by atoms with Gasteiger partial charge in [-0.15, -0.1) is 0 Å². The number of hydrogen-bond donors (Lipinski definition) is 1. The van der Waals surface area contributed by atoms with Crippen molar-refractivity contribution in [3.8, 4) is 0 Å². The number of rotatable bonds is 2. The van der Waals surface area contributed by atoms with Gasteiger partial charge in [-0.25, -0.2) is 4.98 Å². The summed E-state index contributed by atoms with van der Waals surface area (Å²) in [5.74, 6) is 0.610. The molecule has 2 aromatic rings. The molecule has 0 saturated heterocycles. The van der Waals surface area contributed by atoms with Crippen LogP contribution in [0.2, 0.25) is 0 Å². The van der Waals surface area contributed by atoms with Crippen LogP contribution < -0.4 is 5.73 Å². The second-order valence-corrected chi connectivity index (χ2v) is 7.30. The first-order chi connectivity index (χ1) is 8.62. The van der Waals surface area contributed by atoms with E-state index in [1.165, 1.54) is 5.56 Å². The number of hydrogen-bond acceptors (Lipinski definition) is 2. The number of nitrogens with two attached hydrogens (primary N) is 1. The Balaban J connectivity index is 2.62. The van der Waals surface area contributed by atoms with Crippen LogP contribution >= 0.6 is 0 Å². The number of anilines is 1. The topological polar surface area (TPSA) is 43.8 Å². The highest BCUT2D eigenvalue weighted by atomic mass is 15.2. The standard InChI is InChI=1S/C16H25N3/c1-11-8-7-9-12-13(11)18-14(17)19(12)16(5,6)10-15(2,3)4/h7-9H,10H2,1-6H3,(H2,17,18). The molecule has 3 nitrogen and oxygen atoms in total. The summed E-state index contributed by atoms with van der Waals surface area (Å²) in [7, 11) is 0. The van der Waals surface area contributed by atoms with Crippen LogP contribution in [0.15, 0.2) is 18.2 Å². The van der Waals surface area contributed by atoms with Crippen molar-refractivity contribution < 1.29 is 0 Å². The first-order valence-electron chi connectivity index (χ1n) is 6.86. The van der Waals surface area contributed by atoms with E-state index < -0.39 is 0 Å². The van der Waals surface area contributed by atoms with Crippen LogP contribution in [0.5, 0.6) is 0 Å². The van der Waals surface area contributed by atoms with Crippen molar-refractivity contribution in [3.63, 3.8) is 0 Å². The van der Waals surface area contributed by atoms with Crippen LogP contribution in [0.25, 0.3) is 11.0 Å². The van der Waals surface area contributed by atoms with Crippen molar-refractivity contribution in [3.05, 3.63) is 23.8 Å². The van der Waals surface area contributed by atoms with Gasteiger partial charge in [0.05, 0.1) is 11.0 Å². The fourth-order valence-electron chi connectivity index (χ4n) is 3.27. The monoisotopic (exact) mass is 259 g/mol. The summed E-state index contributed by atoms with van der Waals surface area (Å²) in [6.45, 7) is 13.3. The molecule has 0 fully saturated rings. The first kappa shape index (κ1) is 13.9. The van der Waals surface area contributed by atoms with Gasteiger partial charge in [0.25, 0.3) is 0 Å². The summed E-state index contributed by atoms with van der Waals surface area (Å²) < 4.78 is 2.18. The lowest BCUT2D eigenvalue weighted by molar-refractivity contribution is 0.222. The average Bonchev–Trinajstić information content (AvgIpc) is 2.52. The third-order valence-electron chi connectivity index (χ3n) is 3.48. The van der Waals surface area contributed by atoms with Crippen molar-refractivity contribution in [2.45, 2.75) is 53.5 Å². The molecule has 0 bridgehead atoms. The van der Waals surface area contributed by atoms with E-state index in [0.717, 1.165) is 17.5 Å². The van der Waals surface area contributed by atoms with Gasteiger partial charge in [-0.1, -0.05) is 32.9 Å². The van der Waals surface area contributed by atoms with Gasteiger partial charge in [0.2, 0.25) is 5.95 Å². The van der Waals surface area contributed by atoms with Crippen LogP contribution in [0.1, 0.15) is 46.6 Å². The summed E-state index contributed by atoms with van der Waals surface area (Å²) >= 11 is 0. The third kappa shape index (κ3) is 2.60. The van der Waals surface area contributed by atoms with Gasteiger partial charge in [-0.2, -0.15) is 0 Å². The van der Waals surface area contributed by atoms with E-state index in [2.05, 4.69) is 69.3 Å². The van der Waals surface area contributed by atoms with Crippen LogP contribution in [0.4, 0.5) is 5.95 Å². The summed E-state index contributed by atoms with van der Waals surface area (Å²) in [5.41, 5.74) is 9.70. The number of benzene rings is 1. The largest absolute Gasteiger partial charge is 0.369 e. The smallest absolute Gasteiger partial charge is 0.201 e. The number of aromatic nitrogens is 2. The van der Waals surface area contributed by atoms with E-state index in [1.54, 1.807) is 0 Å². The Kier molecular flexibility index (Phi) is 3.12. The molecule has 0 saturated carbocycles. The minimum atomic E-state index is -0.0507. The molecule has 19 heavy (non-hydrogen) atoms. The number of fused-ring (bicyclic) bond motifs is 1. The summed E-state index contributed by atoms with van der Waals surface area (Å²) in [5, 5.41) is 0. The highest BCUT2D eigenvalue weighted by Crippen LogP contribution is 2.36. The van der Waals surface area contributed by atoms with Gasteiger partial charge < -0.3 is 10.3 Å². The normalized spacial score (nSPS) is 13.2. The molecule has 3 heteroatoms. The van der Waals surface area contributed by atoms with Gasteiger partial charge in [0.15, 0.2) is 0 Å². The zero-order valence-electron chi connectivity index (χ0n) is 12.9. The Morgan fingerprint density at radius 2 is 1.79 bits per heavy atom. The zero-order chi connectivity index (χ0) is 14.4. The maximum atomic E-state index is 6.18. The second-order valence-electron chi connectivity index (χ2n) is 7.30. The Morgan fingerprint density at radius 3 is 2.37 bits per heavy atom. The lowest BCUT2D eigenvalue weighted by Gasteiger charge is -2.34. The van der Waals surface area contributed by atoms with Crippen molar-refractivity contribution in [2.24, 2.45) is 5.41 Å². The highest BCUT2D eigenvalue weighted by molar-refractivity contribution is 5.81. The molecule has 0 aliphatic rings. The Labute approximate surface area is 115 Å². The van der Waals surface area contributed by atoms with Gasteiger partial charge >= 0.3 is 0 Å². The van der Waals surface area contributed by atoms with Crippen LogP contribution in [-0.2, 0) is 5.54 Å². The fourth-order valence-corrected chi connectivity index (χ4v) is 3.27. The van der Waals surface area contributed by atoms with Crippen molar-refractivity contribution in [2.75, 3.05) is 5.73 Å². The Bertz CT molecular complexity index is 600. The van der Waals surface area contributed by atoms with E-state index in [-0.39, 0.29) is 11.0 Å². The molecular formula is C16H25N3. The molecule has 2 N–H and O–H groups in total. The van der Waals surface area contributed by atoms with Crippen LogP contribution in [0, 0.1) is 12.3 Å². The van der Waals surface area contributed by atoms with Crippen LogP contribution in [0.3, 0.4) is 0 Å². The first-order valence-corrected chi connectivity index (χ1v) is 6.86. The number of nitrogens with zero attached hydrogens (tertiary/aromatic N) is 2. The minimum Gasteiger partial charge on any atom is -0.369 e. The third-order valence-corrected chi connectivity index (χ3v) is 3.48. The molecule has 0 amide bonds. The predicted molar refractivity (Wildman–Crippen MR) is 82.3 cm³/mol. The van der Waals surface area contributed by atoms with Crippen molar-refractivity contribution >= 4 is 17.0 Å². The number of aryl methyl sites for hydroxylation is 1. The lowest BCUT2D eigenvalue weighted by Crippen LogP contribution is -2.32. The van der Waals surface area contributed by atoms with E-state index >= 15 is 0 Å². The Morgan fingerprint density at radius 1 is 1.16 bits per heavy atom. The molecule has 2 rings (SSSR count). The van der Waals surface area contributed by atoms with E-state index in [0.29, 0.717) is 5.95 Å². The molecule has 1 heterocycles. The molecule has 0 radical (unpaired) electrons. The fraction of sp³-hybridized carbons (Fsp3) is 0.562. The molecule has 0 unspecified atom stereocenters. The number of imidazole rings is 1. The van der Waals surface area contributed by atoms with Gasteiger partial charge in [0.1, 0.15) is 0 Å². The molecule has 0 spiro atoms. The number of nitrogen functional groups attached to an aromatic ring is 1. The van der Waals surface area contributed by atoms with Gasteiger partial charge in [-0.3, -0.25) is 0 Å². The van der Waals surface area contributed by atoms with Gasteiger partial charge in [0, 0.05) is 5.54 Å². The molecular weight excluding hydrogens is 234 g/mol. The maximum absolute atomic E-state index is 6.18. The molecule has 1 aromatic heterocycles. The second kappa shape index (κ2) is 4.26. The lowest BCUT2D eigenvalue weighted by atomic mass is 9.81. The highest BCUT2D eigenvalue weighted by Gasteiger charge is 2.30.